The zero-order valence-corrected chi connectivity index (χ0v) is 11.9. The Morgan fingerprint density at radius 1 is 1.50 bits per heavy atom. The molecule has 2 atom stereocenters. The van der Waals surface area contributed by atoms with Gasteiger partial charge in [0, 0.05) is 12.4 Å². The second kappa shape index (κ2) is 7.72. The summed E-state index contributed by atoms with van der Waals surface area (Å²) in [6.45, 7) is 0. The third-order valence-electron chi connectivity index (χ3n) is 3.21. The van der Waals surface area contributed by atoms with Gasteiger partial charge in [0.1, 0.15) is 0 Å². The van der Waals surface area contributed by atoms with Gasteiger partial charge in [-0.3, -0.25) is 14.6 Å². The Balaban J connectivity index is 1.88. The molecule has 0 saturated heterocycles. The summed E-state index contributed by atoms with van der Waals surface area (Å²) in [6, 6.07) is 3.53. The van der Waals surface area contributed by atoms with Crippen LogP contribution >= 0.6 is 0 Å². The maximum absolute atomic E-state index is 12.0. The van der Waals surface area contributed by atoms with Gasteiger partial charge in [-0.1, -0.05) is 18.2 Å². The average molecular weight is 304 g/mol. The van der Waals surface area contributed by atoms with Gasteiger partial charge < -0.3 is 20.1 Å². The third-order valence-corrected chi connectivity index (χ3v) is 3.21. The summed E-state index contributed by atoms with van der Waals surface area (Å²) in [6.07, 6.45) is 6.11. The molecule has 0 spiro atoms. The minimum atomic E-state index is -1.25. The van der Waals surface area contributed by atoms with Crippen molar-refractivity contribution in [3.05, 3.63) is 42.2 Å². The van der Waals surface area contributed by atoms with Gasteiger partial charge in [0.25, 0.3) is 0 Å². The van der Waals surface area contributed by atoms with Crippen molar-refractivity contribution in [2.24, 2.45) is 0 Å². The largest absolute Gasteiger partial charge is 0.481 e. The number of pyridine rings is 1. The summed E-state index contributed by atoms with van der Waals surface area (Å²) in [7, 11) is -1.25. The fourth-order valence-corrected chi connectivity index (χ4v) is 2.18. The van der Waals surface area contributed by atoms with E-state index < -0.39 is 25.1 Å². The van der Waals surface area contributed by atoms with E-state index in [0.717, 1.165) is 5.56 Å². The summed E-state index contributed by atoms with van der Waals surface area (Å²) < 4.78 is 5.25. The molecule has 0 aromatic carbocycles. The van der Waals surface area contributed by atoms with Crippen LogP contribution < -0.4 is 5.32 Å². The van der Waals surface area contributed by atoms with Gasteiger partial charge in [0.15, 0.2) is 0 Å². The van der Waals surface area contributed by atoms with Gasteiger partial charge in [-0.25, -0.2) is 0 Å². The van der Waals surface area contributed by atoms with Crippen molar-refractivity contribution in [1.82, 2.24) is 10.3 Å². The molecule has 1 amide bonds. The van der Waals surface area contributed by atoms with E-state index in [1.165, 1.54) is 0 Å². The second-order valence-corrected chi connectivity index (χ2v) is 5.04. The molecule has 0 radical (unpaired) electrons. The number of rotatable bonds is 5. The van der Waals surface area contributed by atoms with Gasteiger partial charge in [0.2, 0.25) is 5.91 Å². The number of carboxylic acid groups (broad SMARTS) is 1. The van der Waals surface area contributed by atoms with Gasteiger partial charge >= 0.3 is 13.1 Å². The van der Waals surface area contributed by atoms with E-state index in [2.05, 4.69) is 10.3 Å². The van der Waals surface area contributed by atoms with Crippen LogP contribution in [0.25, 0.3) is 0 Å². The highest BCUT2D eigenvalue weighted by Crippen LogP contribution is 2.12. The minimum absolute atomic E-state index is 0.152. The predicted octanol–water partition coefficient (Wildman–Crippen LogP) is -0.0516. The van der Waals surface area contributed by atoms with Gasteiger partial charge in [-0.05, 0) is 18.1 Å². The van der Waals surface area contributed by atoms with Crippen molar-refractivity contribution in [1.29, 1.82) is 0 Å². The number of carboxylic acids is 1. The fraction of sp³-hybridized carbons (Fsp3) is 0.357. The summed E-state index contributed by atoms with van der Waals surface area (Å²) in [4.78, 5) is 26.6. The highest BCUT2D eigenvalue weighted by Gasteiger charge is 2.32. The van der Waals surface area contributed by atoms with Crippen LogP contribution in [0.5, 0.6) is 0 Å². The van der Waals surface area contributed by atoms with Crippen LogP contribution in [0.2, 0.25) is 0 Å². The molecule has 1 aromatic rings. The second-order valence-electron chi connectivity index (χ2n) is 5.04. The number of aliphatic carboxylic acids is 1. The number of carbonyl (C=O) groups is 2. The quantitative estimate of drug-likeness (QED) is 0.520. The highest BCUT2D eigenvalue weighted by atomic mass is 16.5. The molecule has 8 heteroatoms. The van der Waals surface area contributed by atoms with Crippen LogP contribution in [0.4, 0.5) is 0 Å². The molecule has 2 heterocycles. The smallest absolute Gasteiger partial charge is 0.478 e. The number of amides is 1. The van der Waals surface area contributed by atoms with E-state index in [1.807, 2.05) is 0 Å². The normalized spacial score (nSPS) is 21.2. The lowest BCUT2D eigenvalue weighted by molar-refractivity contribution is -0.138. The van der Waals surface area contributed by atoms with Crippen LogP contribution in [-0.2, 0) is 20.7 Å². The number of nitrogens with zero attached hydrogens (tertiary/aromatic N) is 1. The number of carbonyl (C=O) groups excluding carboxylic acids is 1. The molecule has 2 rings (SSSR count). The van der Waals surface area contributed by atoms with Crippen LogP contribution in [0.1, 0.15) is 18.4 Å². The Bertz CT molecular complexity index is 551. The van der Waals surface area contributed by atoms with Crippen LogP contribution in [0, 0.1) is 0 Å². The van der Waals surface area contributed by atoms with Crippen molar-refractivity contribution in [2.45, 2.75) is 31.3 Å². The van der Waals surface area contributed by atoms with Crippen molar-refractivity contribution >= 4 is 19.0 Å². The maximum atomic E-state index is 12.0. The first-order valence-electron chi connectivity index (χ1n) is 6.95. The SMILES string of the molecule is O=C(O)C[C@H]1C=CC[C@H](NC(=O)Cc2cccnc2)B(O)O1. The number of hydrogen-bond acceptors (Lipinski definition) is 5. The molecule has 0 unspecified atom stereocenters. The highest BCUT2D eigenvalue weighted by molar-refractivity contribution is 6.45. The molecule has 116 valence electrons. The molecular weight excluding hydrogens is 287 g/mol. The molecule has 0 bridgehead atoms. The van der Waals surface area contributed by atoms with Crippen LogP contribution in [-0.4, -0.2) is 46.2 Å². The zero-order valence-electron chi connectivity index (χ0n) is 11.9. The molecular formula is C14H17BN2O5. The predicted molar refractivity (Wildman–Crippen MR) is 78.7 cm³/mol. The molecule has 1 aliphatic heterocycles. The van der Waals surface area contributed by atoms with Gasteiger partial charge in [-0.15, -0.1) is 0 Å². The molecule has 7 nitrogen and oxygen atoms in total. The summed E-state index contributed by atoms with van der Waals surface area (Å²) >= 11 is 0. The number of aromatic nitrogens is 1. The Hall–Kier alpha value is -2.19. The first kappa shape index (κ1) is 16.2. The first-order chi connectivity index (χ1) is 10.5. The van der Waals surface area contributed by atoms with E-state index in [0.29, 0.717) is 6.42 Å². The fourth-order valence-electron chi connectivity index (χ4n) is 2.18. The Morgan fingerprint density at radius 2 is 2.32 bits per heavy atom. The van der Waals surface area contributed by atoms with E-state index in [4.69, 9.17) is 9.76 Å². The Kier molecular flexibility index (Phi) is 5.68. The molecule has 0 fully saturated rings. The zero-order chi connectivity index (χ0) is 15.9. The third kappa shape index (κ3) is 4.98. The van der Waals surface area contributed by atoms with Crippen molar-refractivity contribution in [3.63, 3.8) is 0 Å². The van der Waals surface area contributed by atoms with Crippen molar-refractivity contribution < 1.29 is 24.4 Å². The van der Waals surface area contributed by atoms with Crippen molar-refractivity contribution in [2.75, 3.05) is 0 Å². The van der Waals surface area contributed by atoms with Gasteiger partial charge in [0.05, 0.1) is 24.9 Å². The van der Waals surface area contributed by atoms with E-state index in [9.17, 15) is 14.6 Å². The molecule has 3 N–H and O–H groups in total. The standard InChI is InChI=1S/C14H17BN2O5/c18-13(7-10-3-2-6-16-9-10)17-12-5-1-4-11(8-14(19)20)22-15(12)21/h1-4,6,9,11-12,21H,5,7-8H2,(H,17,18)(H,19,20)/t11-,12+/m1/s1. The Labute approximate surface area is 128 Å². The lowest BCUT2D eigenvalue weighted by atomic mass is 9.77. The topological polar surface area (TPSA) is 109 Å². The van der Waals surface area contributed by atoms with E-state index in [-0.39, 0.29) is 18.7 Å². The number of hydrogen-bond donors (Lipinski definition) is 3. The van der Waals surface area contributed by atoms with Crippen LogP contribution in [0.3, 0.4) is 0 Å². The van der Waals surface area contributed by atoms with E-state index in [1.54, 1.807) is 36.7 Å². The molecule has 1 aliphatic rings. The van der Waals surface area contributed by atoms with Crippen molar-refractivity contribution in [3.8, 4) is 0 Å². The molecule has 1 aromatic heterocycles. The summed E-state index contributed by atoms with van der Waals surface area (Å²) in [5.41, 5.74) is 0.767. The summed E-state index contributed by atoms with van der Waals surface area (Å²) in [5, 5.41) is 21.4. The van der Waals surface area contributed by atoms with Gasteiger partial charge in [-0.2, -0.15) is 0 Å². The Morgan fingerprint density at radius 3 is 3.00 bits per heavy atom. The lowest BCUT2D eigenvalue weighted by Crippen LogP contribution is -2.48. The lowest BCUT2D eigenvalue weighted by Gasteiger charge is -2.20. The monoisotopic (exact) mass is 304 g/mol. The molecule has 0 saturated carbocycles. The van der Waals surface area contributed by atoms with Crippen LogP contribution in [0.15, 0.2) is 36.7 Å². The first-order valence-corrected chi connectivity index (χ1v) is 6.95. The molecule has 0 aliphatic carbocycles. The average Bonchev–Trinajstić information content (AvgIpc) is 2.61. The molecule has 22 heavy (non-hydrogen) atoms. The summed E-state index contributed by atoms with van der Waals surface area (Å²) in [5.74, 6) is -1.88. The number of nitrogens with one attached hydrogen (secondary N) is 1. The maximum Gasteiger partial charge on any atom is 0.478 e. The van der Waals surface area contributed by atoms with E-state index >= 15 is 0 Å². The minimum Gasteiger partial charge on any atom is -0.481 e.